The van der Waals surface area contributed by atoms with Crippen LogP contribution in [-0.2, 0) is 11.5 Å². The van der Waals surface area contributed by atoms with Crippen molar-refractivity contribution in [1.82, 2.24) is 9.55 Å². The quantitative estimate of drug-likeness (QED) is 0.172. The average molecular weight is 482 g/mol. The third kappa shape index (κ3) is 5.20. The van der Waals surface area contributed by atoms with E-state index in [0.717, 1.165) is 16.6 Å². The minimum Gasteiger partial charge on any atom is -0.453 e. The predicted octanol–water partition coefficient (Wildman–Crippen LogP) is 5.95. The standard InChI is InChI=1S/C19H21BrFN3O4Si/c1-29(2,3)9-8-27-12-23-11-14(20)18-17(6-7-22-19(18)23)28-16-5-4-13(24(25)26)10-15(16)21/h4-7,10-11H,8-9,12H2,1-3H3. The van der Waals surface area contributed by atoms with Crippen LogP contribution in [0.5, 0.6) is 11.5 Å². The lowest BCUT2D eigenvalue weighted by atomic mass is 10.3. The molecule has 0 saturated carbocycles. The van der Waals surface area contributed by atoms with Gasteiger partial charge in [-0.2, -0.15) is 0 Å². The Balaban J connectivity index is 1.83. The van der Waals surface area contributed by atoms with Crippen molar-refractivity contribution in [1.29, 1.82) is 0 Å². The van der Waals surface area contributed by atoms with E-state index >= 15 is 0 Å². The number of fused-ring (bicyclic) bond motifs is 1. The third-order valence-corrected chi connectivity index (χ3v) is 6.55. The Morgan fingerprint density at radius 2 is 2.03 bits per heavy atom. The summed E-state index contributed by atoms with van der Waals surface area (Å²) in [6, 6.07) is 5.95. The Morgan fingerprint density at radius 1 is 1.28 bits per heavy atom. The smallest absolute Gasteiger partial charge is 0.272 e. The molecule has 0 aliphatic heterocycles. The first-order chi connectivity index (χ1) is 13.7. The maximum Gasteiger partial charge on any atom is 0.272 e. The zero-order chi connectivity index (χ0) is 21.2. The monoisotopic (exact) mass is 481 g/mol. The van der Waals surface area contributed by atoms with Crippen molar-refractivity contribution in [2.75, 3.05) is 6.61 Å². The minimum atomic E-state index is -1.17. The zero-order valence-electron chi connectivity index (χ0n) is 16.3. The van der Waals surface area contributed by atoms with Gasteiger partial charge in [0.1, 0.15) is 18.1 Å². The minimum absolute atomic E-state index is 0.103. The molecule has 2 heterocycles. The molecule has 7 nitrogen and oxygen atoms in total. The van der Waals surface area contributed by atoms with Crippen molar-refractivity contribution < 1.29 is 18.8 Å². The Labute approximate surface area is 176 Å². The third-order valence-electron chi connectivity index (χ3n) is 4.25. The highest BCUT2D eigenvalue weighted by atomic mass is 79.9. The van der Waals surface area contributed by atoms with Gasteiger partial charge < -0.3 is 14.0 Å². The van der Waals surface area contributed by atoms with Crippen LogP contribution < -0.4 is 4.74 Å². The van der Waals surface area contributed by atoms with E-state index in [1.54, 1.807) is 12.3 Å². The number of ether oxygens (including phenoxy) is 2. The number of aromatic nitrogens is 2. The first kappa shape index (κ1) is 21.4. The van der Waals surface area contributed by atoms with Crippen molar-refractivity contribution in [2.45, 2.75) is 32.4 Å². The number of pyridine rings is 1. The Kier molecular flexibility index (Phi) is 6.35. The second-order valence-electron chi connectivity index (χ2n) is 7.78. The molecule has 1 aromatic carbocycles. The van der Waals surface area contributed by atoms with Crippen molar-refractivity contribution >= 4 is 40.7 Å². The summed E-state index contributed by atoms with van der Waals surface area (Å²) in [5, 5.41) is 11.4. The molecule has 3 rings (SSSR count). The molecule has 0 atom stereocenters. The number of benzene rings is 1. The second kappa shape index (κ2) is 8.60. The normalized spacial score (nSPS) is 11.8. The molecular weight excluding hydrogens is 461 g/mol. The van der Waals surface area contributed by atoms with Gasteiger partial charge in [-0.1, -0.05) is 19.6 Å². The number of non-ortho nitro benzene ring substituents is 1. The number of halogens is 2. The first-order valence-electron chi connectivity index (χ1n) is 8.98. The van der Waals surface area contributed by atoms with E-state index in [1.807, 2.05) is 10.8 Å². The molecule has 0 bridgehead atoms. The molecule has 10 heteroatoms. The molecule has 0 unspecified atom stereocenters. The van der Waals surface area contributed by atoms with Crippen molar-refractivity contribution in [3.8, 4) is 11.5 Å². The van der Waals surface area contributed by atoms with Gasteiger partial charge in [0.2, 0.25) is 0 Å². The lowest BCUT2D eigenvalue weighted by molar-refractivity contribution is -0.385. The van der Waals surface area contributed by atoms with Gasteiger partial charge in [-0.05, 0) is 34.1 Å². The summed E-state index contributed by atoms with van der Waals surface area (Å²) in [7, 11) is -1.17. The van der Waals surface area contributed by atoms with Gasteiger partial charge in [0, 0.05) is 37.6 Å². The van der Waals surface area contributed by atoms with Crippen LogP contribution in [0.2, 0.25) is 25.7 Å². The van der Waals surface area contributed by atoms with Gasteiger partial charge in [-0.15, -0.1) is 0 Å². The van der Waals surface area contributed by atoms with Crippen molar-refractivity contribution in [3.63, 3.8) is 0 Å². The molecule has 3 aromatic rings. The lowest BCUT2D eigenvalue weighted by Gasteiger charge is -2.15. The number of hydrogen-bond acceptors (Lipinski definition) is 5. The maximum absolute atomic E-state index is 14.2. The number of nitro groups is 1. The molecule has 2 aromatic heterocycles. The molecule has 29 heavy (non-hydrogen) atoms. The Bertz CT molecular complexity index is 1050. The van der Waals surface area contributed by atoms with E-state index in [1.165, 1.54) is 12.1 Å². The molecule has 0 saturated heterocycles. The van der Waals surface area contributed by atoms with E-state index in [0.29, 0.717) is 30.1 Å². The molecule has 0 spiro atoms. The first-order valence-corrected chi connectivity index (χ1v) is 13.5. The molecule has 154 valence electrons. The summed E-state index contributed by atoms with van der Waals surface area (Å²) < 4.78 is 28.3. The van der Waals surface area contributed by atoms with Crippen LogP contribution in [0.15, 0.2) is 41.1 Å². The summed E-state index contributed by atoms with van der Waals surface area (Å²) in [5.41, 5.74) is 0.294. The molecule has 0 amide bonds. The highest BCUT2D eigenvalue weighted by Gasteiger charge is 2.17. The lowest BCUT2D eigenvalue weighted by Crippen LogP contribution is -2.22. The van der Waals surface area contributed by atoms with Gasteiger partial charge in [0.25, 0.3) is 5.69 Å². The molecule has 0 radical (unpaired) electrons. The summed E-state index contributed by atoms with van der Waals surface area (Å²) >= 11 is 3.50. The van der Waals surface area contributed by atoms with Crippen LogP contribution in [0, 0.1) is 15.9 Å². The maximum atomic E-state index is 14.2. The number of nitro benzene ring substituents is 1. The van der Waals surface area contributed by atoms with E-state index < -0.39 is 18.8 Å². The van der Waals surface area contributed by atoms with Gasteiger partial charge >= 0.3 is 0 Å². The molecule has 0 N–H and O–H groups in total. The van der Waals surface area contributed by atoms with Gasteiger partial charge in [-0.3, -0.25) is 10.1 Å². The van der Waals surface area contributed by atoms with Gasteiger partial charge in [0.05, 0.1) is 16.4 Å². The predicted molar refractivity (Wildman–Crippen MR) is 115 cm³/mol. The van der Waals surface area contributed by atoms with Crippen LogP contribution in [0.3, 0.4) is 0 Å². The highest BCUT2D eigenvalue weighted by Crippen LogP contribution is 2.36. The second-order valence-corrected chi connectivity index (χ2v) is 14.3. The Morgan fingerprint density at radius 3 is 2.69 bits per heavy atom. The zero-order valence-corrected chi connectivity index (χ0v) is 18.9. The fraction of sp³-hybridized carbons (Fsp3) is 0.316. The highest BCUT2D eigenvalue weighted by molar-refractivity contribution is 9.10. The van der Waals surface area contributed by atoms with Crippen molar-refractivity contribution in [2.24, 2.45) is 0 Å². The Hall–Kier alpha value is -2.30. The van der Waals surface area contributed by atoms with E-state index in [4.69, 9.17) is 9.47 Å². The van der Waals surface area contributed by atoms with Crippen molar-refractivity contribution in [3.05, 3.63) is 57.1 Å². The summed E-state index contributed by atoms with van der Waals surface area (Å²) in [6.07, 6.45) is 3.40. The van der Waals surface area contributed by atoms with E-state index in [2.05, 4.69) is 40.6 Å². The number of rotatable bonds is 8. The molecule has 0 fully saturated rings. The summed E-state index contributed by atoms with van der Waals surface area (Å²) in [4.78, 5) is 14.5. The van der Waals surface area contributed by atoms with Gasteiger partial charge in [0.15, 0.2) is 11.6 Å². The molecule has 0 aliphatic rings. The number of nitrogens with zero attached hydrogens (tertiary/aromatic N) is 3. The SMILES string of the molecule is C[Si](C)(C)CCOCn1cc(Br)c2c(Oc3ccc([N+](=O)[O-])cc3F)ccnc21. The fourth-order valence-electron chi connectivity index (χ4n) is 2.67. The largest absolute Gasteiger partial charge is 0.453 e. The average Bonchev–Trinajstić information content (AvgIpc) is 2.96. The molecule has 0 aliphatic carbocycles. The van der Waals surface area contributed by atoms with Crippen LogP contribution >= 0.6 is 15.9 Å². The van der Waals surface area contributed by atoms with E-state index in [9.17, 15) is 14.5 Å². The summed E-state index contributed by atoms with van der Waals surface area (Å²) in [5.74, 6) is -0.529. The summed E-state index contributed by atoms with van der Waals surface area (Å²) in [6.45, 7) is 7.90. The van der Waals surface area contributed by atoms with Crippen LogP contribution in [0.25, 0.3) is 11.0 Å². The van der Waals surface area contributed by atoms with Crippen LogP contribution in [0.1, 0.15) is 0 Å². The molecular formula is C19H21BrFN3O4Si. The van der Waals surface area contributed by atoms with Crippen LogP contribution in [0.4, 0.5) is 10.1 Å². The van der Waals surface area contributed by atoms with E-state index in [-0.39, 0.29) is 11.4 Å². The topological polar surface area (TPSA) is 79.4 Å². The van der Waals surface area contributed by atoms with Crippen LogP contribution in [-0.4, -0.2) is 29.2 Å². The fourth-order valence-corrected chi connectivity index (χ4v) is 4.04. The number of hydrogen-bond donors (Lipinski definition) is 0. The van der Waals surface area contributed by atoms with Gasteiger partial charge in [-0.25, -0.2) is 9.37 Å².